The number of hydrogen-bond acceptors (Lipinski definition) is 2. The molecule has 1 aromatic heterocycles. The standard InChI is InChI=1S/C17H16ClN3/c1-11-8-9-13(10-14(11)18)15-16(19)21(2)17(20-15)12-6-4-3-5-7-12/h3-10H,19H2,1-2H3. The third-order valence-corrected chi connectivity index (χ3v) is 4.02. The first-order valence-corrected chi connectivity index (χ1v) is 7.10. The number of halogens is 1. The average molecular weight is 298 g/mol. The molecule has 106 valence electrons. The molecule has 21 heavy (non-hydrogen) atoms. The molecule has 0 saturated heterocycles. The lowest BCUT2D eigenvalue weighted by molar-refractivity contribution is 0.937. The first-order valence-electron chi connectivity index (χ1n) is 6.72. The second-order valence-electron chi connectivity index (χ2n) is 5.06. The van der Waals surface area contributed by atoms with Crippen molar-refractivity contribution in [3.63, 3.8) is 0 Å². The number of nitrogens with two attached hydrogens (primary N) is 1. The highest BCUT2D eigenvalue weighted by molar-refractivity contribution is 6.31. The van der Waals surface area contributed by atoms with E-state index < -0.39 is 0 Å². The Labute approximate surface area is 129 Å². The number of hydrogen-bond donors (Lipinski definition) is 1. The van der Waals surface area contributed by atoms with Gasteiger partial charge in [-0.3, -0.25) is 0 Å². The molecule has 0 spiro atoms. The van der Waals surface area contributed by atoms with E-state index >= 15 is 0 Å². The van der Waals surface area contributed by atoms with E-state index in [0.717, 1.165) is 33.2 Å². The van der Waals surface area contributed by atoms with Crippen LogP contribution in [0.3, 0.4) is 0 Å². The van der Waals surface area contributed by atoms with Gasteiger partial charge in [0.15, 0.2) is 0 Å². The molecule has 0 aliphatic carbocycles. The van der Waals surface area contributed by atoms with E-state index in [-0.39, 0.29) is 0 Å². The maximum absolute atomic E-state index is 6.22. The van der Waals surface area contributed by atoms with E-state index in [1.54, 1.807) is 0 Å². The zero-order chi connectivity index (χ0) is 15.0. The molecule has 2 N–H and O–H groups in total. The first-order chi connectivity index (χ1) is 10.1. The highest BCUT2D eigenvalue weighted by Crippen LogP contribution is 2.32. The summed E-state index contributed by atoms with van der Waals surface area (Å²) in [4.78, 5) is 4.70. The van der Waals surface area contributed by atoms with Gasteiger partial charge in [-0.2, -0.15) is 0 Å². The van der Waals surface area contributed by atoms with Crippen LogP contribution in [0.25, 0.3) is 22.6 Å². The Morgan fingerprint density at radius 3 is 2.43 bits per heavy atom. The Morgan fingerprint density at radius 1 is 1.05 bits per heavy atom. The van der Waals surface area contributed by atoms with Gasteiger partial charge in [0, 0.05) is 23.2 Å². The molecular weight excluding hydrogens is 282 g/mol. The number of benzene rings is 2. The minimum absolute atomic E-state index is 0.633. The zero-order valence-corrected chi connectivity index (χ0v) is 12.7. The van der Waals surface area contributed by atoms with Crippen LogP contribution in [-0.4, -0.2) is 9.55 Å². The first kappa shape index (κ1) is 13.7. The van der Waals surface area contributed by atoms with Crippen LogP contribution in [0.4, 0.5) is 5.82 Å². The molecule has 0 aliphatic heterocycles. The quantitative estimate of drug-likeness (QED) is 0.766. The van der Waals surface area contributed by atoms with Crippen LogP contribution in [0, 0.1) is 6.92 Å². The maximum Gasteiger partial charge on any atom is 0.142 e. The monoisotopic (exact) mass is 297 g/mol. The molecule has 3 aromatic rings. The molecule has 0 saturated carbocycles. The van der Waals surface area contributed by atoms with Crippen molar-refractivity contribution in [3.05, 3.63) is 59.1 Å². The fourth-order valence-corrected chi connectivity index (χ4v) is 2.49. The normalized spacial score (nSPS) is 10.8. The topological polar surface area (TPSA) is 43.8 Å². The average Bonchev–Trinajstić information content (AvgIpc) is 2.79. The van der Waals surface area contributed by atoms with E-state index in [0.29, 0.717) is 5.82 Å². The van der Waals surface area contributed by atoms with Gasteiger partial charge in [0.2, 0.25) is 0 Å². The molecule has 4 heteroatoms. The predicted octanol–water partition coefficient (Wildman–Crippen LogP) is 4.30. The van der Waals surface area contributed by atoms with Crippen molar-refractivity contribution in [1.82, 2.24) is 9.55 Å². The summed E-state index contributed by atoms with van der Waals surface area (Å²) in [5, 5.41) is 0.721. The van der Waals surface area contributed by atoms with Crippen LogP contribution < -0.4 is 5.73 Å². The highest BCUT2D eigenvalue weighted by atomic mass is 35.5. The maximum atomic E-state index is 6.22. The number of aryl methyl sites for hydroxylation is 1. The smallest absolute Gasteiger partial charge is 0.142 e. The van der Waals surface area contributed by atoms with Crippen molar-refractivity contribution >= 4 is 17.4 Å². The zero-order valence-electron chi connectivity index (χ0n) is 12.0. The Kier molecular flexibility index (Phi) is 3.43. The molecule has 0 radical (unpaired) electrons. The van der Waals surface area contributed by atoms with Gasteiger partial charge in [-0.15, -0.1) is 0 Å². The van der Waals surface area contributed by atoms with Crippen LogP contribution >= 0.6 is 11.6 Å². The molecule has 0 fully saturated rings. The number of aromatic nitrogens is 2. The third-order valence-electron chi connectivity index (χ3n) is 3.62. The fraction of sp³-hybridized carbons (Fsp3) is 0.118. The van der Waals surface area contributed by atoms with Gasteiger partial charge < -0.3 is 10.3 Å². The Bertz CT molecular complexity index is 791. The van der Waals surface area contributed by atoms with Crippen molar-refractivity contribution in [2.75, 3.05) is 5.73 Å². The molecular formula is C17H16ClN3. The fourth-order valence-electron chi connectivity index (χ4n) is 2.31. The summed E-state index contributed by atoms with van der Waals surface area (Å²) < 4.78 is 1.90. The van der Waals surface area contributed by atoms with E-state index in [9.17, 15) is 0 Å². The minimum atomic E-state index is 0.633. The molecule has 3 nitrogen and oxygen atoms in total. The van der Waals surface area contributed by atoms with Crippen molar-refractivity contribution in [1.29, 1.82) is 0 Å². The minimum Gasteiger partial charge on any atom is -0.383 e. The summed E-state index contributed by atoms with van der Waals surface area (Å²) in [6.45, 7) is 1.98. The number of imidazole rings is 1. The lowest BCUT2D eigenvalue weighted by Crippen LogP contribution is -1.98. The predicted molar refractivity (Wildman–Crippen MR) is 88.2 cm³/mol. The van der Waals surface area contributed by atoms with Crippen LogP contribution in [0.5, 0.6) is 0 Å². The second-order valence-corrected chi connectivity index (χ2v) is 5.47. The van der Waals surface area contributed by atoms with Gasteiger partial charge in [0.1, 0.15) is 17.3 Å². The van der Waals surface area contributed by atoms with E-state index in [4.69, 9.17) is 22.3 Å². The molecule has 0 amide bonds. The van der Waals surface area contributed by atoms with Gasteiger partial charge in [-0.1, -0.05) is 54.1 Å². The summed E-state index contributed by atoms with van der Waals surface area (Å²) in [6, 6.07) is 15.9. The van der Waals surface area contributed by atoms with E-state index in [1.165, 1.54) is 0 Å². The van der Waals surface area contributed by atoms with Gasteiger partial charge in [0.25, 0.3) is 0 Å². The van der Waals surface area contributed by atoms with E-state index in [2.05, 4.69) is 0 Å². The second kappa shape index (κ2) is 5.26. The van der Waals surface area contributed by atoms with Gasteiger partial charge in [-0.25, -0.2) is 4.98 Å². The number of nitrogen functional groups attached to an aromatic ring is 1. The van der Waals surface area contributed by atoms with Crippen molar-refractivity contribution in [2.45, 2.75) is 6.92 Å². The summed E-state index contributed by atoms with van der Waals surface area (Å²) in [5.41, 5.74) is 9.99. The molecule has 0 atom stereocenters. The third kappa shape index (κ3) is 2.41. The lowest BCUT2D eigenvalue weighted by Gasteiger charge is -2.03. The van der Waals surface area contributed by atoms with Gasteiger partial charge >= 0.3 is 0 Å². The Hall–Kier alpha value is -2.26. The number of anilines is 1. The largest absolute Gasteiger partial charge is 0.383 e. The SMILES string of the molecule is Cc1ccc(-c2nc(-c3ccccc3)n(C)c2N)cc1Cl. The van der Waals surface area contributed by atoms with Gasteiger partial charge in [-0.05, 0) is 18.6 Å². The Morgan fingerprint density at radius 2 is 1.76 bits per heavy atom. The van der Waals surface area contributed by atoms with Crippen molar-refractivity contribution < 1.29 is 0 Å². The van der Waals surface area contributed by atoms with Crippen LogP contribution in [0.2, 0.25) is 5.02 Å². The number of rotatable bonds is 2. The summed E-state index contributed by atoms with van der Waals surface area (Å²) in [6.07, 6.45) is 0. The highest BCUT2D eigenvalue weighted by Gasteiger charge is 2.15. The summed E-state index contributed by atoms with van der Waals surface area (Å²) >= 11 is 6.20. The summed E-state index contributed by atoms with van der Waals surface area (Å²) in [5.74, 6) is 1.48. The van der Waals surface area contributed by atoms with Crippen LogP contribution in [0.1, 0.15) is 5.56 Å². The molecule has 2 aromatic carbocycles. The van der Waals surface area contributed by atoms with E-state index in [1.807, 2.05) is 67.1 Å². The molecule has 0 aliphatic rings. The van der Waals surface area contributed by atoms with Crippen molar-refractivity contribution in [3.8, 4) is 22.6 Å². The van der Waals surface area contributed by atoms with Gasteiger partial charge in [0.05, 0.1) is 0 Å². The Balaban J connectivity index is 2.15. The summed E-state index contributed by atoms with van der Waals surface area (Å²) in [7, 11) is 1.92. The van der Waals surface area contributed by atoms with Crippen molar-refractivity contribution in [2.24, 2.45) is 7.05 Å². The molecule has 1 heterocycles. The lowest BCUT2D eigenvalue weighted by atomic mass is 10.1. The molecule has 0 unspecified atom stereocenters. The molecule has 0 bridgehead atoms. The number of nitrogens with zero attached hydrogens (tertiary/aromatic N) is 2. The van der Waals surface area contributed by atoms with Crippen LogP contribution in [-0.2, 0) is 7.05 Å². The van der Waals surface area contributed by atoms with Crippen LogP contribution in [0.15, 0.2) is 48.5 Å². The molecule has 3 rings (SSSR count).